The van der Waals surface area contributed by atoms with Gasteiger partial charge in [-0.1, -0.05) is 49.6 Å². The molecule has 0 spiro atoms. The lowest BCUT2D eigenvalue weighted by atomic mass is 10.1. The first-order valence-electron chi connectivity index (χ1n) is 9.19. The third-order valence-electron chi connectivity index (χ3n) is 4.25. The fourth-order valence-electron chi connectivity index (χ4n) is 2.73. The zero-order valence-corrected chi connectivity index (χ0v) is 19.5. The minimum absolute atomic E-state index is 0.0166. The summed E-state index contributed by atoms with van der Waals surface area (Å²) in [6, 6.07) is 12.4. The largest absolute Gasteiger partial charge is 0.456 e. The number of esters is 1. The lowest BCUT2D eigenvalue weighted by Gasteiger charge is -2.18. The number of anilines is 1. The summed E-state index contributed by atoms with van der Waals surface area (Å²) >= 11 is 2.04. The Balaban J connectivity index is 2.46. The van der Waals surface area contributed by atoms with Crippen molar-refractivity contribution in [3.63, 3.8) is 0 Å². The highest BCUT2D eigenvalue weighted by Gasteiger charge is 2.22. The molecule has 0 aromatic heterocycles. The van der Waals surface area contributed by atoms with Crippen LogP contribution < -0.4 is 16.4 Å². The lowest BCUT2D eigenvalue weighted by molar-refractivity contribution is -0.136. The van der Waals surface area contributed by atoms with Gasteiger partial charge in [-0.3, -0.25) is 0 Å². The summed E-state index contributed by atoms with van der Waals surface area (Å²) in [5.41, 5.74) is 12.6. The number of carbonyl (C=O) groups is 1. The van der Waals surface area contributed by atoms with Gasteiger partial charge in [-0.05, 0) is 40.3 Å². The molecule has 0 radical (unpaired) electrons. The second-order valence-electron chi connectivity index (χ2n) is 6.69. The number of nitrogens with zero attached hydrogens (tertiary/aromatic N) is 2. The first-order chi connectivity index (χ1) is 14.7. The van der Waals surface area contributed by atoms with Crippen LogP contribution in [0.2, 0.25) is 0 Å². The number of hydrogen-bond donors (Lipinski definition) is 2. The maximum absolute atomic E-state index is 15.1. The van der Waals surface area contributed by atoms with Crippen LogP contribution in [0.15, 0.2) is 78.1 Å². The van der Waals surface area contributed by atoms with Crippen molar-refractivity contribution in [3.8, 4) is 0 Å². The van der Waals surface area contributed by atoms with Crippen LogP contribution in [0.3, 0.4) is 0 Å². The van der Waals surface area contributed by atoms with E-state index >= 15 is 4.39 Å². The Bertz CT molecular complexity index is 1060. The molecule has 2 aromatic rings. The van der Waals surface area contributed by atoms with Crippen LogP contribution in [0, 0.1) is 9.39 Å². The highest BCUT2D eigenvalue weighted by molar-refractivity contribution is 14.1. The van der Waals surface area contributed by atoms with Gasteiger partial charge in [0.25, 0.3) is 0 Å². The number of nitrogens with two attached hydrogens (primary N) is 2. The van der Waals surface area contributed by atoms with Gasteiger partial charge in [0.15, 0.2) is 11.5 Å². The van der Waals surface area contributed by atoms with Crippen molar-refractivity contribution in [2.45, 2.75) is 6.61 Å². The molecule has 0 aliphatic carbocycles. The second kappa shape index (κ2) is 10.8. The summed E-state index contributed by atoms with van der Waals surface area (Å²) in [5, 5.41) is 0. The van der Waals surface area contributed by atoms with E-state index in [-0.39, 0.29) is 35.0 Å². The Morgan fingerprint density at radius 1 is 1.23 bits per heavy atom. The molecule has 0 atom stereocenters. The predicted molar refractivity (Wildman–Crippen MR) is 132 cm³/mol. The molecule has 2 rings (SSSR count). The quantitative estimate of drug-likeness (QED) is 0.232. The van der Waals surface area contributed by atoms with Crippen LogP contribution in [-0.4, -0.2) is 25.8 Å². The van der Waals surface area contributed by atoms with Crippen molar-refractivity contribution >= 4 is 45.7 Å². The SMILES string of the molecule is C=CC(=C(N)N)/C(=N\C(=C)c1ccc(I)c(N(C)C)c1F)C(=O)OCc1ccccc1. The summed E-state index contributed by atoms with van der Waals surface area (Å²) in [7, 11) is 3.47. The van der Waals surface area contributed by atoms with E-state index in [1.165, 1.54) is 6.08 Å². The van der Waals surface area contributed by atoms with E-state index in [9.17, 15) is 4.79 Å². The van der Waals surface area contributed by atoms with E-state index in [4.69, 9.17) is 16.2 Å². The van der Waals surface area contributed by atoms with E-state index in [0.717, 1.165) is 9.13 Å². The molecular weight excluding hydrogens is 510 g/mol. The summed E-state index contributed by atoms with van der Waals surface area (Å²) in [5.74, 6) is -1.46. The highest BCUT2D eigenvalue weighted by atomic mass is 127. The fourth-order valence-corrected chi connectivity index (χ4v) is 3.63. The predicted octanol–water partition coefficient (Wildman–Crippen LogP) is 3.97. The first-order valence-corrected chi connectivity index (χ1v) is 10.3. The van der Waals surface area contributed by atoms with Crippen LogP contribution in [0.5, 0.6) is 0 Å². The minimum Gasteiger partial charge on any atom is -0.456 e. The maximum atomic E-state index is 15.1. The Labute approximate surface area is 194 Å². The average Bonchev–Trinajstić information content (AvgIpc) is 2.72. The normalized spacial score (nSPS) is 10.9. The zero-order chi connectivity index (χ0) is 23.1. The van der Waals surface area contributed by atoms with Gasteiger partial charge in [0.05, 0.1) is 11.4 Å². The Hall–Kier alpha value is -3.14. The smallest absolute Gasteiger partial charge is 0.358 e. The summed E-state index contributed by atoms with van der Waals surface area (Å²) < 4.78 is 21.2. The molecular formula is C23H24FIN4O2. The van der Waals surface area contributed by atoms with Crippen molar-refractivity contribution < 1.29 is 13.9 Å². The molecule has 0 fully saturated rings. The van der Waals surface area contributed by atoms with Crippen molar-refractivity contribution in [2.24, 2.45) is 16.5 Å². The average molecular weight is 534 g/mol. The van der Waals surface area contributed by atoms with E-state index < -0.39 is 11.8 Å². The molecule has 8 heteroatoms. The fraction of sp³-hybridized carbons (Fsp3) is 0.130. The van der Waals surface area contributed by atoms with Gasteiger partial charge in [0.2, 0.25) is 0 Å². The van der Waals surface area contributed by atoms with E-state index in [0.29, 0.717) is 5.69 Å². The Morgan fingerprint density at radius 2 is 1.87 bits per heavy atom. The van der Waals surface area contributed by atoms with Crippen molar-refractivity contribution in [1.82, 2.24) is 0 Å². The topological polar surface area (TPSA) is 93.9 Å². The third-order valence-corrected chi connectivity index (χ3v) is 5.12. The highest BCUT2D eigenvalue weighted by Crippen LogP contribution is 2.31. The van der Waals surface area contributed by atoms with Crippen LogP contribution in [0.4, 0.5) is 10.1 Å². The summed E-state index contributed by atoms with van der Waals surface area (Å²) in [6.07, 6.45) is 1.29. The van der Waals surface area contributed by atoms with Gasteiger partial charge in [0.1, 0.15) is 12.4 Å². The second-order valence-corrected chi connectivity index (χ2v) is 7.86. The standard InChI is InChI=1S/C23H24FIN4O2/c1-5-16(22(26)27)20(23(30)31-13-15-9-7-6-8-10-15)28-14(2)17-11-12-18(25)21(19(17)24)29(3)4/h5-12H,1-2,13,26-27H2,3-4H3/b28-20+. The summed E-state index contributed by atoms with van der Waals surface area (Å²) in [4.78, 5) is 18.7. The molecule has 0 aliphatic rings. The number of benzene rings is 2. The van der Waals surface area contributed by atoms with Gasteiger partial charge in [0, 0.05) is 28.8 Å². The first kappa shape index (κ1) is 24.1. The zero-order valence-electron chi connectivity index (χ0n) is 17.4. The molecule has 0 aliphatic heterocycles. The van der Waals surface area contributed by atoms with Crippen molar-refractivity contribution in [1.29, 1.82) is 0 Å². The molecule has 0 saturated carbocycles. The van der Waals surface area contributed by atoms with Crippen molar-refractivity contribution in [3.05, 3.63) is 93.6 Å². The van der Waals surface area contributed by atoms with Crippen LogP contribution in [0.25, 0.3) is 5.70 Å². The maximum Gasteiger partial charge on any atom is 0.358 e. The van der Waals surface area contributed by atoms with Crippen LogP contribution in [-0.2, 0) is 16.1 Å². The number of allylic oxidation sites excluding steroid dienone is 1. The molecule has 0 saturated heterocycles. The third kappa shape index (κ3) is 5.94. The van der Waals surface area contributed by atoms with Crippen LogP contribution >= 0.6 is 22.6 Å². The van der Waals surface area contributed by atoms with Gasteiger partial charge < -0.3 is 21.1 Å². The molecule has 4 N–H and O–H groups in total. The van der Waals surface area contributed by atoms with E-state index in [1.807, 2.05) is 52.9 Å². The van der Waals surface area contributed by atoms with E-state index in [2.05, 4.69) is 18.2 Å². The lowest BCUT2D eigenvalue weighted by Crippen LogP contribution is -2.24. The number of carbonyl (C=O) groups excluding carboxylic acids is 1. The Morgan fingerprint density at radius 3 is 2.42 bits per heavy atom. The molecule has 162 valence electrons. The van der Waals surface area contributed by atoms with Gasteiger partial charge in [-0.25, -0.2) is 14.2 Å². The molecule has 6 nitrogen and oxygen atoms in total. The minimum atomic E-state index is -0.785. The number of ether oxygens (including phenoxy) is 1. The number of halogens is 2. The molecule has 0 amide bonds. The molecule has 0 bridgehead atoms. The molecule has 0 heterocycles. The monoisotopic (exact) mass is 534 g/mol. The molecule has 0 unspecified atom stereocenters. The number of aliphatic imine (C=N–C) groups is 1. The van der Waals surface area contributed by atoms with E-state index in [1.54, 1.807) is 31.1 Å². The van der Waals surface area contributed by atoms with Gasteiger partial charge >= 0.3 is 5.97 Å². The van der Waals surface area contributed by atoms with Crippen LogP contribution in [0.1, 0.15) is 11.1 Å². The van der Waals surface area contributed by atoms with Gasteiger partial charge in [-0.2, -0.15) is 0 Å². The molecule has 31 heavy (non-hydrogen) atoms. The van der Waals surface area contributed by atoms with Gasteiger partial charge in [-0.15, -0.1) is 0 Å². The van der Waals surface area contributed by atoms with Crippen molar-refractivity contribution in [2.75, 3.05) is 19.0 Å². The number of hydrogen-bond acceptors (Lipinski definition) is 6. The molecule has 2 aromatic carbocycles. The summed E-state index contributed by atoms with van der Waals surface area (Å²) in [6.45, 7) is 7.49. The Kier molecular flexibility index (Phi) is 8.38. The number of rotatable bonds is 8.